The van der Waals surface area contributed by atoms with Crippen LogP contribution in [0.4, 0.5) is 5.69 Å². The Kier molecular flexibility index (Phi) is 4.25. The van der Waals surface area contributed by atoms with Crippen molar-refractivity contribution < 1.29 is 4.79 Å². The second-order valence-corrected chi connectivity index (χ2v) is 5.58. The van der Waals surface area contributed by atoms with Gasteiger partial charge in [0, 0.05) is 23.5 Å². The summed E-state index contributed by atoms with van der Waals surface area (Å²) < 4.78 is 1.66. The van der Waals surface area contributed by atoms with Gasteiger partial charge in [-0.1, -0.05) is 18.2 Å². The predicted molar refractivity (Wildman–Crippen MR) is 90.6 cm³/mol. The number of nitrogens with zero attached hydrogens (tertiary/aromatic N) is 4. The van der Waals surface area contributed by atoms with Gasteiger partial charge in [-0.05, 0) is 38.0 Å². The fraction of sp³-hybridized carbons (Fsp3) is 0.222. The Labute approximate surface area is 139 Å². The molecule has 0 bridgehead atoms. The number of aryl methyl sites for hydroxylation is 2. The zero-order valence-corrected chi connectivity index (χ0v) is 13.6. The van der Waals surface area contributed by atoms with E-state index in [1.165, 1.54) is 6.20 Å². The average molecular weight is 319 g/mol. The molecule has 0 unspecified atom stereocenters. The van der Waals surface area contributed by atoms with Crippen LogP contribution >= 0.6 is 0 Å². The molecule has 0 saturated carbocycles. The highest BCUT2D eigenvalue weighted by Gasteiger charge is 2.14. The van der Waals surface area contributed by atoms with Gasteiger partial charge in [-0.25, -0.2) is 9.50 Å². The maximum absolute atomic E-state index is 12.1. The van der Waals surface area contributed by atoms with E-state index in [4.69, 9.17) is 5.26 Å². The molecule has 0 spiro atoms. The minimum absolute atomic E-state index is 0.0433. The van der Waals surface area contributed by atoms with Crippen molar-refractivity contribution in [2.75, 3.05) is 5.32 Å². The second kappa shape index (κ2) is 6.50. The molecule has 6 heteroatoms. The number of nitrogens with one attached hydrogen (secondary N) is 1. The topological polar surface area (TPSA) is 83.1 Å². The minimum Gasteiger partial charge on any atom is -0.326 e. The summed E-state index contributed by atoms with van der Waals surface area (Å²) in [6, 6.07) is 11.5. The first-order chi connectivity index (χ1) is 11.6. The molecule has 2 heterocycles. The highest BCUT2D eigenvalue weighted by Crippen LogP contribution is 2.18. The van der Waals surface area contributed by atoms with Crippen LogP contribution in [0.1, 0.15) is 28.9 Å². The molecule has 2 aromatic heterocycles. The number of hydrogen-bond acceptors (Lipinski definition) is 4. The number of anilines is 1. The number of rotatable bonds is 4. The number of para-hydroxylation sites is 1. The Morgan fingerprint density at radius 3 is 2.75 bits per heavy atom. The van der Waals surface area contributed by atoms with Crippen LogP contribution in [0.5, 0.6) is 0 Å². The maximum Gasteiger partial charge on any atom is 0.224 e. The zero-order chi connectivity index (χ0) is 17.1. The quantitative estimate of drug-likeness (QED) is 0.801. The first-order valence-electron chi connectivity index (χ1n) is 7.69. The van der Waals surface area contributed by atoms with Crippen molar-refractivity contribution >= 4 is 17.2 Å². The average Bonchev–Trinajstić information content (AvgIpc) is 2.98. The first-order valence-corrected chi connectivity index (χ1v) is 7.69. The number of benzene rings is 1. The molecule has 0 saturated heterocycles. The molecule has 0 atom stereocenters. The van der Waals surface area contributed by atoms with E-state index in [-0.39, 0.29) is 5.91 Å². The lowest BCUT2D eigenvalue weighted by Gasteiger charge is -2.11. The molecule has 120 valence electrons. The minimum atomic E-state index is -0.0433. The van der Waals surface area contributed by atoms with Gasteiger partial charge in [0.1, 0.15) is 11.6 Å². The van der Waals surface area contributed by atoms with Gasteiger partial charge in [0.2, 0.25) is 5.91 Å². The SMILES string of the molecule is Cc1nc2c(C#N)cnn2c(C)c1CCC(=O)Nc1ccccc1. The summed E-state index contributed by atoms with van der Waals surface area (Å²) in [5.74, 6) is -0.0433. The number of fused-ring (bicyclic) bond motifs is 1. The summed E-state index contributed by atoms with van der Waals surface area (Å²) in [7, 11) is 0. The van der Waals surface area contributed by atoms with Gasteiger partial charge in [0.15, 0.2) is 5.65 Å². The largest absolute Gasteiger partial charge is 0.326 e. The van der Waals surface area contributed by atoms with Crippen LogP contribution in [-0.4, -0.2) is 20.5 Å². The number of nitriles is 1. The molecule has 6 nitrogen and oxygen atoms in total. The summed E-state index contributed by atoms with van der Waals surface area (Å²) in [6.45, 7) is 3.83. The molecule has 1 N–H and O–H groups in total. The Morgan fingerprint density at radius 2 is 2.04 bits per heavy atom. The van der Waals surface area contributed by atoms with Crippen molar-refractivity contribution in [2.24, 2.45) is 0 Å². The van der Waals surface area contributed by atoms with Crippen molar-refractivity contribution in [1.82, 2.24) is 14.6 Å². The predicted octanol–water partition coefficient (Wildman–Crippen LogP) is 2.79. The van der Waals surface area contributed by atoms with Crippen molar-refractivity contribution in [3.8, 4) is 6.07 Å². The molecule has 0 aliphatic carbocycles. The molecule has 1 amide bonds. The number of carbonyl (C=O) groups is 1. The molecule has 1 aromatic carbocycles. The summed E-state index contributed by atoms with van der Waals surface area (Å²) in [5.41, 5.74) is 4.52. The van der Waals surface area contributed by atoms with E-state index in [1.54, 1.807) is 4.52 Å². The number of aromatic nitrogens is 3. The summed E-state index contributed by atoms with van der Waals surface area (Å²) >= 11 is 0. The van der Waals surface area contributed by atoms with Crippen LogP contribution in [0, 0.1) is 25.2 Å². The molecule has 3 aromatic rings. The van der Waals surface area contributed by atoms with Crippen LogP contribution in [0.25, 0.3) is 5.65 Å². The smallest absolute Gasteiger partial charge is 0.224 e. The van der Waals surface area contributed by atoms with Gasteiger partial charge < -0.3 is 5.32 Å². The van der Waals surface area contributed by atoms with E-state index in [9.17, 15) is 4.79 Å². The molecule has 0 aliphatic heterocycles. The van der Waals surface area contributed by atoms with Crippen LogP contribution in [-0.2, 0) is 11.2 Å². The van der Waals surface area contributed by atoms with Gasteiger partial charge in [0.25, 0.3) is 0 Å². The van der Waals surface area contributed by atoms with E-state index < -0.39 is 0 Å². The van der Waals surface area contributed by atoms with Gasteiger partial charge >= 0.3 is 0 Å². The van der Waals surface area contributed by atoms with E-state index in [2.05, 4.69) is 21.5 Å². The third-order valence-corrected chi connectivity index (χ3v) is 3.99. The van der Waals surface area contributed by atoms with E-state index in [1.807, 2.05) is 44.2 Å². The summed E-state index contributed by atoms with van der Waals surface area (Å²) in [4.78, 5) is 16.6. The van der Waals surface area contributed by atoms with Gasteiger partial charge in [0.05, 0.1) is 6.20 Å². The maximum atomic E-state index is 12.1. The second-order valence-electron chi connectivity index (χ2n) is 5.58. The lowest BCUT2D eigenvalue weighted by molar-refractivity contribution is -0.116. The Hall–Kier alpha value is -3.20. The van der Waals surface area contributed by atoms with Crippen molar-refractivity contribution in [1.29, 1.82) is 5.26 Å². The molecule has 3 rings (SSSR count). The third kappa shape index (κ3) is 2.97. The molecule has 0 radical (unpaired) electrons. The van der Waals surface area contributed by atoms with Gasteiger partial charge in [-0.3, -0.25) is 4.79 Å². The van der Waals surface area contributed by atoms with Crippen LogP contribution in [0.2, 0.25) is 0 Å². The highest BCUT2D eigenvalue weighted by molar-refractivity contribution is 5.90. The van der Waals surface area contributed by atoms with Crippen molar-refractivity contribution in [3.05, 3.63) is 59.0 Å². The van der Waals surface area contributed by atoms with Crippen molar-refractivity contribution in [3.63, 3.8) is 0 Å². The lowest BCUT2D eigenvalue weighted by atomic mass is 10.1. The number of carbonyl (C=O) groups excluding carboxylic acids is 1. The molecule has 0 aliphatic rings. The van der Waals surface area contributed by atoms with E-state index in [0.717, 1.165) is 22.6 Å². The fourth-order valence-electron chi connectivity index (χ4n) is 2.74. The van der Waals surface area contributed by atoms with E-state index >= 15 is 0 Å². The summed E-state index contributed by atoms with van der Waals surface area (Å²) in [5, 5.41) is 16.2. The zero-order valence-electron chi connectivity index (χ0n) is 13.6. The molecule has 24 heavy (non-hydrogen) atoms. The standard InChI is InChI=1S/C18H17N5O/c1-12-16(8-9-17(24)22-15-6-4-3-5-7-15)13(2)23-18(21-12)14(10-19)11-20-23/h3-7,11H,8-9H2,1-2H3,(H,22,24). The highest BCUT2D eigenvalue weighted by atomic mass is 16.1. The lowest BCUT2D eigenvalue weighted by Crippen LogP contribution is -2.14. The molecular weight excluding hydrogens is 302 g/mol. The first kappa shape index (κ1) is 15.7. The normalized spacial score (nSPS) is 10.5. The summed E-state index contributed by atoms with van der Waals surface area (Å²) in [6.07, 6.45) is 2.44. The monoisotopic (exact) mass is 319 g/mol. The van der Waals surface area contributed by atoms with Gasteiger partial charge in [-0.2, -0.15) is 10.4 Å². The van der Waals surface area contributed by atoms with E-state index in [0.29, 0.717) is 24.1 Å². The molecular formula is C18H17N5O. The Balaban J connectivity index is 1.78. The Bertz CT molecular complexity index is 937. The fourth-order valence-corrected chi connectivity index (χ4v) is 2.74. The van der Waals surface area contributed by atoms with Crippen LogP contribution in [0.3, 0.4) is 0 Å². The van der Waals surface area contributed by atoms with Gasteiger partial charge in [-0.15, -0.1) is 0 Å². The Morgan fingerprint density at radius 1 is 1.29 bits per heavy atom. The number of hydrogen-bond donors (Lipinski definition) is 1. The molecule has 0 fully saturated rings. The van der Waals surface area contributed by atoms with Crippen molar-refractivity contribution in [2.45, 2.75) is 26.7 Å². The van der Waals surface area contributed by atoms with Crippen LogP contribution in [0.15, 0.2) is 36.5 Å². The third-order valence-electron chi connectivity index (χ3n) is 3.99. The number of amides is 1. The van der Waals surface area contributed by atoms with Crippen LogP contribution < -0.4 is 5.32 Å².